The quantitative estimate of drug-likeness (QED) is 0.876. The van der Waals surface area contributed by atoms with E-state index in [0.717, 1.165) is 5.56 Å². The Morgan fingerprint density at radius 2 is 2.00 bits per heavy atom. The van der Waals surface area contributed by atoms with Crippen LogP contribution in [0.25, 0.3) is 0 Å². The smallest absolute Gasteiger partial charge is 0.337 e. The van der Waals surface area contributed by atoms with Gasteiger partial charge in [0.25, 0.3) is 0 Å². The summed E-state index contributed by atoms with van der Waals surface area (Å²) in [6.07, 6.45) is 0. The second kappa shape index (κ2) is 6.10. The third-order valence-corrected chi connectivity index (χ3v) is 3.19. The summed E-state index contributed by atoms with van der Waals surface area (Å²) in [6, 6.07) is 12.9. The topological polar surface area (TPSA) is 58.6 Å². The molecule has 0 atom stereocenters. The third-order valence-electron chi connectivity index (χ3n) is 3.19. The Bertz CT molecular complexity index is 623. The van der Waals surface area contributed by atoms with Crippen molar-refractivity contribution >= 4 is 11.7 Å². The molecule has 0 unspecified atom stereocenters. The summed E-state index contributed by atoms with van der Waals surface area (Å²) in [5.74, 6) is -0.331. The predicted molar refractivity (Wildman–Crippen MR) is 78.5 cm³/mol. The second-order valence-electron chi connectivity index (χ2n) is 4.50. The minimum atomic E-state index is -0.958. The zero-order chi connectivity index (χ0) is 14.5. The van der Waals surface area contributed by atoms with Gasteiger partial charge in [0, 0.05) is 12.6 Å². The summed E-state index contributed by atoms with van der Waals surface area (Å²) in [7, 11) is 1.56. The van der Waals surface area contributed by atoms with Gasteiger partial charge < -0.3 is 15.2 Å². The molecule has 2 aromatic carbocycles. The molecule has 0 bridgehead atoms. The number of carbonyl (C=O) groups is 1. The first-order valence-corrected chi connectivity index (χ1v) is 6.31. The highest BCUT2D eigenvalue weighted by Gasteiger charge is 2.11. The second-order valence-corrected chi connectivity index (χ2v) is 4.50. The zero-order valence-electron chi connectivity index (χ0n) is 11.5. The number of hydrogen-bond donors (Lipinski definition) is 2. The molecule has 2 aromatic rings. The molecule has 20 heavy (non-hydrogen) atoms. The van der Waals surface area contributed by atoms with Gasteiger partial charge in [-0.25, -0.2) is 4.79 Å². The minimum Gasteiger partial charge on any atom is -0.497 e. The third kappa shape index (κ3) is 3.09. The van der Waals surface area contributed by atoms with Crippen molar-refractivity contribution in [3.63, 3.8) is 0 Å². The van der Waals surface area contributed by atoms with Gasteiger partial charge in [0.2, 0.25) is 0 Å². The molecule has 4 nitrogen and oxygen atoms in total. The number of anilines is 1. The molecule has 104 valence electrons. The van der Waals surface area contributed by atoms with Crippen LogP contribution in [-0.2, 0) is 6.54 Å². The standard InChI is InChI=1S/C16H17NO3/c1-11-5-3-4-6-12(11)10-17-15-9-13(20-2)7-8-14(15)16(18)19/h3-9,17H,10H2,1-2H3,(H,18,19). The van der Waals surface area contributed by atoms with E-state index in [2.05, 4.69) is 5.32 Å². The van der Waals surface area contributed by atoms with Crippen molar-refractivity contribution in [1.29, 1.82) is 0 Å². The Balaban J connectivity index is 2.24. The van der Waals surface area contributed by atoms with E-state index < -0.39 is 5.97 Å². The molecule has 2 rings (SSSR count). The van der Waals surface area contributed by atoms with E-state index in [9.17, 15) is 9.90 Å². The first-order chi connectivity index (χ1) is 9.61. The van der Waals surface area contributed by atoms with E-state index in [1.54, 1.807) is 25.3 Å². The van der Waals surface area contributed by atoms with Crippen LogP contribution in [0.15, 0.2) is 42.5 Å². The molecular formula is C16H17NO3. The van der Waals surface area contributed by atoms with Crippen molar-refractivity contribution in [2.75, 3.05) is 12.4 Å². The maximum atomic E-state index is 11.2. The van der Waals surface area contributed by atoms with Crippen LogP contribution in [0.1, 0.15) is 21.5 Å². The summed E-state index contributed by atoms with van der Waals surface area (Å²) in [6.45, 7) is 2.60. The van der Waals surface area contributed by atoms with E-state index in [4.69, 9.17) is 4.74 Å². The maximum Gasteiger partial charge on any atom is 0.337 e. The number of aromatic carboxylic acids is 1. The molecule has 0 fully saturated rings. The molecule has 0 saturated heterocycles. The number of ether oxygens (including phenoxy) is 1. The first-order valence-electron chi connectivity index (χ1n) is 6.31. The number of nitrogens with one attached hydrogen (secondary N) is 1. The highest BCUT2D eigenvalue weighted by Crippen LogP contribution is 2.23. The van der Waals surface area contributed by atoms with Gasteiger partial charge in [-0.15, -0.1) is 0 Å². The highest BCUT2D eigenvalue weighted by atomic mass is 16.5. The number of carboxylic acid groups (broad SMARTS) is 1. The fraction of sp³-hybridized carbons (Fsp3) is 0.188. The van der Waals surface area contributed by atoms with E-state index in [0.29, 0.717) is 18.0 Å². The lowest BCUT2D eigenvalue weighted by molar-refractivity contribution is 0.0698. The lowest BCUT2D eigenvalue weighted by atomic mass is 10.1. The highest BCUT2D eigenvalue weighted by molar-refractivity contribution is 5.94. The van der Waals surface area contributed by atoms with Crippen LogP contribution in [0.4, 0.5) is 5.69 Å². The summed E-state index contributed by atoms with van der Waals surface area (Å²) in [4.78, 5) is 11.2. The van der Waals surface area contributed by atoms with Gasteiger partial charge in [-0.1, -0.05) is 24.3 Å². The van der Waals surface area contributed by atoms with E-state index in [-0.39, 0.29) is 5.56 Å². The molecule has 4 heteroatoms. The molecule has 0 radical (unpaired) electrons. The van der Waals surface area contributed by atoms with Crippen molar-refractivity contribution in [1.82, 2.24) is 0 Å². The van der Waals surface area contributed by atoms with Crippen LogP contribution in [0.2, 0.25) is 0 Å². The summed E-state index contributed by atoms with van der Waals surface area (Å²) in [5.41, 5.74) is 3.09. The van der Waals surface area contributed by atoms with Crippen LogP contribution in [0.3, 0.4) is 0 Å². The number of methoxy groups -OCH3 is 1. The molecule has 0 aromatic heterocycles. The van der Waals surface area contributed by atoms with Crippen molar-refractivity contribution in [2.24, 2.45) is 0 Å². The molecular weight excluding hydrogens is 254 g/mol. The Hall–Kier alpha value is -2.49. The molecule has 0 amide bonds. The Morgan fingerprint density at radius 3 is 2.65 bits per heavy atom. The number of carboxylic acids is 1. The molecule has 2 N–H and O–H groups in total. The lowest BCUT2D eigenvalue weighted by Crippen LogP contribution is -2.07. The largest absolute Gasteiger partial charge is 0.497 e. The van der Waals surface area contributed by atoms with Crippen molar-refractivity contribution < 1.29 is 14.6 Å². The van der Waals surface area contributed by atoms with Gasteiger partial charge in [0.15, 0.2) is 0 Å². The van der Waals surface area contributed by atoms with Crippen LogP contribution in [0.5, 0.6) is 5.75 Å². The maximum absolute atomic E-state index is 11.2. The van der Waals surface area contributed by atoms with Gasteiger partial charge in [-0.2, -0.15) is 0 Å². The Labute approximate surface area is 118 Å². The van der Waals surface area contributed by atoms with E-state index in [1.807, 2.05) is 31.2 Å². The fourth-order valence-corrected chi connectivity index (χ4v) is 1.98. The van der Waals surface area contributed by atoms with Crippen LogP contribution >= 0.6 is 0 Å². The van der Waals surface area contributed by atoms with E-state index >= 15 is 0 Å². The number of rotatable bonds is 5. The van der Waals surface area contributed by atoms with Gasteiger partial charge in [-0.3, -0.25) is 0 Å². The van der Waals surface area contributed by atoms with Crippen LogP contribution in [0, 0.1) is 6.92 Å². The molecule has 0 heterocycles. The van der Waals surface area contributed by atoms with Gasteiger partial charge in [0.1, 0.15) is 5.75 Å². The van der Waals surface area contributed by atoms with E-state index in [1.165, 1.54) is 5.56 Å². The Morgan fingerprint density at radius 1 is 1.25 bits per heavy atom. The van der Waals surface area contributed by atoms with Crippen molar-refractivity contribution in [2.45, 2.75) is 13.5 Å². The molecule has 0 saturated carbocycles. The fourth-order valence-electron chi connectivity index (χ4n) is 1.98. The molecule has 0 aliphatic heterocycles. The number of hydrogen-bond acceptors (Lipinski definition) is 3. The average Bonchev–Trinajstić information content (AvgIpc) is 2.46. The summed E-state index contributed by atoms with van der Waals surface area (Å²) in [5, 5.41) is 12.4. The zero-order valence-corrected chi connectivity index (χ0v) is 11.5. The SMILES string of the molecule is COc1ccc(C(=O)O)c(NCc2ccccc2C)c1. The van der Waals surface area contributed by atoms with Gasteiger partial charge in [0.05, 0.1) is 18.4 Å². The number of aryl methyl sites for hydroxylation is 1. The minimum absolute atomic E-state index is 0.236. The predicted octanol–water partition coefficient (Wildman–Crippen LogP) is 3.31. The van der Waals surface area contributed by atoms with Crippen LogP contribution < -0.4 is 10.1 Å². The van der Waals surface area contributed by atoms with Crippen molar-refractivity contribution in [3.8, 4) is 5.75 Å². The van der Waals surface area contributed by atoms with Crippen LogP contribution in [-0.4, -0.2) is 18.2 Å². The molecule has 0 aliphatic rings. The lowest BCUT2D eigenvalue weighted by Gasteiger charge is -2.12. The summed E-state index contributed by atoms with van der Waals surface area (Å²) < 4.78 is 5.13. The monoisotopic (exact) mass is 271 g/mol. The summed E-state index contributed by atoms with van der Waals surface area (Å²) >= 11 is 0. The van der Waals surface area contributed by atoms with Crippen molar-refractivity contribution in [3.05, 3.63) is 59.2 Å². The van der Waals surface area contributed by atoms with Gasteiger partial charge >= 0.3 is 5.97 Å². The molecule has 0 aliphatic carbocycles. The molecule has 0 spiro atoms. The number of benzene rings is 2. The Kier molecular flexibility index (Phi) is 4.25. The van der Waals surface area contributed by atoms with Gasteiger partial charge in [-0.05, 0) is 30.2 Å². The normalized spacial score (nSPS) is 10.1. The first kappa shape index (κ1) is 13.9. The average molecular weight is 271 g/mol.